The highest BCUT2D eigenvalue weighted by Crippen LogP contribution is 2.22. The lowest BCUT2D eigenvalue weighted by atomic mass is 10.2. The first-order chi connectivity index (χ1) is 8.60. The molecule has 1 N–H and O–H groups in total. The Bertz CT molecular complexity index is 493. The second kappa shape index (κ2) is 6.40. The van der Waals surface area contributed by atoms with E-state index in [0.717, 1.165) is 6.07 Å². The number of benzene rings is 1. The van der Waals surface area contributed by atoms with Crippen molar-refractivity contribution in [2.45, 2.75) is 13.0 Å². The first-order valence-electron chi connectivity index (χ1n) is 5.21. The molecule has 1 rings (SSSR count). The number of amides is 1. The van der Waals surface area contributed by atoms with Crippen molar-refractivity contribution in [1.82, 2.24) is 5.32 Å². The van der Waals surface area contributed by atoms with Gasteiger partial charge in [-0.1, -0.05) is 12.0 Å². The summed E-state index contributed by atoms with van der Waals surface area (Å²) in [4.78, 5) is 22.2. The minimum Gasteiger partial charge on any atom is -0.477 e. The van der Waals surface area contributed by atoms with Gasteiger partial charge < -0.3 is 10.1 Å². The molecule has 0 spiro atoms. The zero-order chi connectivity index (χ0) is 13.5. The molecule has 0 aliphatic rings. The Labute approximate surface area is 104 Å². The van der Waals surface area contributed by atoms with E-state index in [1.54, 1.807) is 0 Å². The summed E-state index contributed by atoms with van der Waals surface area (Å²) in [6.07, 6.45) is 4.50. The van der Waals surface area contributed by atoms with Crippen LogP contribution in [0.3, 0.4) is 0 Å². The Morgan fingerprint density at radius 1 is 1.67 bits per heavy atom. The lowest BCUT2D eigenvalue weighted by molar-refractivity contribution is -0.127. The van der Waals surface area contributed by atoms with Crippen molar-refractivity contribution in [3.8, 4) is 18.1 Å². The van der Waals surface area contributed by atoms with E-state index in [4.69, 9.17) is 11.2 Å². The fraction of sp³-hybridized carbons (Fsp3) is 0.231. The van der Waals surface area contributed by atoms with Gasteiger partial charge in [-0.05, 0) is 19.1 Å². The Morgan fingerprint density at radius 2 is 2.39 bits per heavy atom. The van der Waals surface area contributed by atoms with Gasteiger partial charge in [-0.15, -0.1) is 6.42 Å². The van der Waals surface area contributed by atoms with Crippen LogP contribution in [0.5, 0.6) is 5.75 Å². The number of hydrogen-bond acceptors (Lipinski definition) is 3. The molecule has 0 saturated heterocycles. The number of aldehydes is 1. The van der Waals surface area contributed by atoms with Crippen molar-refractivity contribution in [2.24, 2.45) is 0 Å². The number of terminal acetylenes is 1. The molecule has 0 bridgehead atoms. The number of carbonyl (C=O) groups is 2. The van der Waals surface area contributed by atoms with Crippen LogP contribution in [-0.4, -0.2) is 24.8 Å². The Kier molecular flexibility index (Phi) is 4.88. The van der Waals surface area contributed by atoms with Gasteiger partial charge in [0.2, 0.25) is 0 Å². The van der Waals surface area contributed by atoms with Crippen molar-refractivity contribution in [3.63, 3.8) is 0 Å². The summed E-state index contributed by atoms with van der Waals surface area (Å²) < 4.78 is 18.6. The Hall–Kier alpha value is -2.35. The highest BCUT2D eigenvalue weighted by Gasteiger charge is 2.18. The van der Waals surface area contributed by atoms with Gasteiger partial charge >= 0.3 is 0 Å². The third-order valence-electron chi connectivity index (χ3n) is 2.15. The molecule has 1 unspecified atom stereocenters. The van der Waals surface area contributed by atoms with Gasteiger partial charge in [-0.2, -0.15) is 0 Å². The number of ether oxygens (including phenoxy) is 1. The van der Waals surface area contributed by atoms with E-state index in [9.17, 15) is 14.0 Å². The van der Waals surface area contributed by atoms with E-state index in [0.29, 0.717) is 6.29 Å². The van der Waals surface area contributed by atoms with Crippen LogP contribution in [0.2, 0.25) is 0 Å². The molecule has 1 aromatic carbocycles. The predicted octanol–water partition coefficient (Wildman–Crippen LogP) is 1.15. The summed E-state index contributed by atoms with van der Waals surface area (Å²) in [7, 11) is 0. The van der Waals surface area contributed by atoms with E-state index in [2.05, 4.69) is 11.2 Å². The van der Waals surface area contributed by atoms with Gasteiger partial charge in [0.15, 0.2) is 24.0 Å². The molecule has 0 saturated carbocycles. The van der Waals surface area contributed by atoms with E-state index < -0.39 is 17.8 Å². The van der Waals surface area contributed by atoms with Gasteiger partial charge in [0.05, 0.1) is 12.1 Å². The number of halogens is 1. The van der Waals surface area contributed by atoms with Crippen molar-refractivity contribution >= 4 is 12.2 Å². The van der Waals surface area contributed by atoms with Gasteiger partial charge in [0, 0.05) is 0 Å². The summed E-state index contributed by atoms with van der Waals surface area (Å²) in [5, 5.41) is 2.40. The molecule has 94 valence electrons. The fourth-order valence-corrected chi connectivity index (χ4v) is 1.25. The first kappa shape index (κ1) is 13.7. The van der Waals surface area contributed by atoms with E-state index in [1.807, 2.05) is 0 Å². The summed E-state index contributed by atoms with van der Waals surface area (Å²) >= 11 is 0. The SMILES string of the molecule is C#CCNC(=O)C(C)Oc1c(F)cccc1C=O. The molecule has 0 radical (unpaired) electrons. The molecule has 0 aliphatic heterocycles. The Balaban J connectivity index is 2.81. The van der Waals surface area contributed by atoms with Crippen LogP contribution in [0.25, 0.3) is 0 Å². The number of hydrogen-bond donors (Lipinski definition) is 1. The normalized spacial score (nSPS) is 11.2. The van der Waals surface area contributed by atoms with Gasteiger partial charge in [-0.25, -0.2) is 4.39 Å². The maximum absolute atomic E-state index is 13.5. The molecule has 0 aromatic heterocycles. The molecule has 18 heavy (non-hydrogen) atoms. The van der Waals surface area contributed by atoms with Crippen LogP contribution in [-0.2, 0) is 4.79 Å². The minimum atomic E-state index is -0.950. The summed E-state index contributed by atoms with van der Waals surface area (Å²) in [5.74, 6) is 0.817. The second-order valence-electron chi connectivity index (χ2n) is 3.46. The standard InChI is InChI=1S/C13H12FNO3/c1-3-7-15-13(17)9(2)18-12-10(8-16)5-4-6-11(12)14/h1,4-6,8-9H,7H2,2H3,(H,15,17). The van der Waals surface area contributed by atoms with Crippen LogP contribution in [0.1, 0.15) is 17.3 Å². The Morgan fingerprint density at radius 3 is 3.00 bits per heavy atom. The number of carbonyl (C=O) groups excluding carboxylic acids is 2. The predicted molar refractivity (Wildman–Crippen MR) is 63.7 cm³/mol. The van der Waals surface area contributed by atoms with Crippen LogP contribution >= 0.6 is 0 Å². The molecular formula is C13H12FNO3. The molecule has 1 atom stereocenters. The monoisotopic (exact) mass is 249 g/mol. The number of rotatable bonds is 5. The van der Waals surface area contributed by atoms with E-state index >= 15 is 0 Å². The molecule has 0 heterocycles. The summed E-state index contributed by atoms with van der Waals surface area (Å²) in [6, 6.07) is 3.93. The zero-order valence-electron chi connectivity index (χ0n) is 9.77. The quantitative estimate of drug-likeness (QED) is 0.629. The van der Waals surface area contributed by atoms with Gasteiger partial charge in [0.25, 0.3) is 5.91 Å². The molecule has 1 amide bonds. The highest BCUT2D eigenvalue weighted by molar-refractivity contribution is 5.82. The van der Waals surface area contributed by atoms with Crippen molar-refractivity contribution in [2.75, 3.05) is 6.54 Å². The van der Waals surface area contributed by atoms with Crippen LogP contribution < -0.4 is 10.1 Å². The average Bonchev–Trinajstić information content (AvgIpc) is 2.38. The largest absolute Gasteiger partial charge is 0.477 e. The van der Waals surface area contributed by atoms with Crippen molar-refractivity contribution < 1.29 is 18.7 Å². The van der Waals surface area contributed by atoms with Gasteiger partial charge in [-0.3, -0.25) is 9.59 Å². The van der Waals surface area contributed by atoms with E-state index in [1.165, 1.54) is 19.1 Å². The lowest BCUT2D eigenvalue weighted by Gasteiger charge is -2.15. The second-order valence-corrected chi connectivity index (χ2v) is 3.46. The maximum Gasteiger partial charge on any atom is 0.261 e. The van der Waals surface area contributed by atoms with Crippen LogP contribution in [0, 0.1) is 18.2 Å². The lowest BCUT2D eigenvalue weighted by Crippen LogP contribution is -2.36. The number of para-hydroxylation sites is 1. The third kappa shape index (κ3) is 3.32. The maximum atomic E-state index is 13.5. The summed E-state index contributed by atoms with van der Waals surface area (Å²) in [6.45, 7) is 1.50. The average molecular weight is 249 g/mol. The molecule has 4 nitrogen and oxygen atoms in total. The first-order valence-corrected chi connectivity index (χ1v) is 5.21. The highest BCUT2D eigenvalue weighted by atomic mass is 19.1. The van der Waals surface area contributed by atoms with Crippen LogP contribution in [0.4, 0.5) is 4.39 Å². The zero-order valence-corrected chi connectivity index (χ0v) is 9.77. The topological polar surface area (TPSA) is 55.4 Å². The summed E-state index contributed by atoms with van der Waals surface area (Å²) in [5.41, 5.74) is 0.0478. The smallest absolute Gasteiger partial charge is 0.261 e. The third-order valence-corrected chi connectivity index (χ3v) is 2.15. The molecule has 0 fully saturated rings. The minimum absolute atomic E-state index is 0.0478. The van der Waals surface area contributed by atoms with Crippen LogP contribution in [0.15, 0.2) is 18.2 Å². The molecular weight excluding hydrogens is 237 g/mol. The molecule has 5 heteroatoms. The molecule has 1 aromatic rings. The van der Waals surface area contributed by atoms with Crippen molar-refractivity contribution in [1.29, 1.82) is 0 Å². The number of nitrogens with one attached hydrogen (secondary N) is 1. The molecule has 0 aliphatic carbocycles. The van der Waals surface area contributed by atoms with E-state index in [-0.39, 0.29) is 17.9 Å². The fourth-order valence-electron chi connectivity index (χ4n) is 1.25. The van der Waals surface area contributed by atoms with Gasteiger partial charge in [0.1, 0.15) is 0 Å². The van der Waals surface area contributed by atoms with Crippen molar-refractivity contribution in [3.05, 3.63) is 29.6 Å².